The third-order valence-electron chi connectivity index (χ3n) is 2.14. The first-order valence-corrected chi connectivity index (χ1v) is 5.69. The number of aldehydes is 1. The summed E-state index contributed by atoms with van der Waals surface area (Å²) in [4.78, 5) is 11.4. The molecule has 0 spiro atoms. The Morgan fingerprint density at radius 1 is 1.00 bits per heavy atom. The summed E-state index contributed by atoms with van der Waals surface area (Å²) in [5, 5.41) is 0. The van der Waals surface area contributed by atoms with Gasteiger partial charge in [-0.3, -0.25) is 4.79 Å². The van der Waals surface area contributed by atoms with E-state index < -0.39 is 11.6 Å². The monoisotopic (exact) mass is 250 g/mol. The summed E-state index contributed by atoms with van der Waals surface area (Å²) in [6.45, 7) is 0. The van der Waals surface area contributed by atoms with Crippen molar-refractivity contribution < 1.29 is 13.6 Å². The molecular formula is C13H8F2OS. The molecule has 0 fully saturated rings. The maximum absolute atomic E-state index is 13.4. The van der Waals surface area contributed by atoms with E-state index in [-0.39, 0.29) is 4.90 Å². The van der Waals surface area contributed by atoms with Gasteiger partial charge >= 0.3 is 0 Å². The average Bonchev–Trinajstić information content (AvgIpc) is 2.35. The highest BCUT2D eigenvalue weighted by Gasteiger charge is 2.05. The van der Waals surface area contributed by atoms with Crippen molar-refractivity contribution in [3.63, 3.8) is 0 Å². The van der Waals surface area contributed by atoms with Crippen molar-refractivity contribution >= 4 is 18.0 Å². The number of hydrogen-bond acceptors (Lipinski definition) is 2. The van der Waals surface area contributed by atoms with E-state index in [1.165, 1.54) is 0 Å². The first-order chi connectivity index (χ1) is 8.19. The molecule has 2 aromatic carbocycles. The van der Waals surface area contributed by atoms with Crippen molar-refractivity contribution in [3.8, 4) is 0 Å². The number of benzene rings is 2. The number of carbonyl (C=O) groups is 1. The number of hydrogen-bond donors (Lipinski definition) is 0. The minimum absolute atomic E-state index is 0.226. The van der Waals surface area contributed by atoms with Gasteiger partial charge in [0.25, 0.3) is 0 Å². The minimum Gasteiger partial charge on any atom is -0.298 e. The summed E-state index contributed by atoms with van der Waals surface area (Å²) in [5.74, 6) is -0.936. The van der Waals surface area contributed by atoms with Crippen LogP contribution in [0.3, 0.4) is 0 Å². The van der Waals surface area contributed by atoms with Crippen LogP contribution in [0.15, 0.2) is 52.3 Å². The second-order valence-electron chi connectivity index (χ2n) is 3.36. The summed E-state index contributed by atoms with van der Waals surface area (Å²) >= 11 is 1.12. The summed E-state index contributed by atoms with van der Waals surface area (Å²) in [6.07, 6.45) is 0.733. The normalized spacial score (nSPS) is 10.2. The van der Waals surface area contributed by atoms with Crippen molar-refractivity contribution in [2.24, 2.45) is 0 Å². The molecule has 86 valence electrons. The zero-order valence-corrected chi connectivity index (χ0v) is 9.51. The summed E-state index contributed by atoms with van der Waals surface area (Å²) < 4.78 is 26.3. The maximum Gasteiger partial charge on any atom is 0.150 e. The fourth-order valence-corrected chi connectivity index (χ4v) is 2.16. The number of halogens is 2. The third kappa shape index (κ3) is 2.91. The standard InChI is InChI=1S/C13H8F2OS/c14-10-3-6-12(15)13(7-10)17-11-4-1-9(8-16)2-5-11/h1-8H. The second kappa shape index (κ2) is 5.10. The van der Waals surface area contributed by atoms with Gasteiger partial charge < -0.3 is 0 Å². The van der Waals surface area contributed by atoms with Gasteiger partial charge in [-0.2, -0.15) is 0 Å². The van der Waals surface area contributed by atoms with Gasteiger partial charge in [-0.25, -0.2) is 8.78 Å². The van der Waals surface area contributed by atoms with E-state index in [4.69, 9.17) is 0 Å². The topological polar surface area (TPSA) is 17.1 Å². The largest absolute Gasteiger partial charge is 0.298 e. The van der Waals surface area contributed by atoms with E-state index in [1.807, 2.05) is 0 Å². The van der Waals surface area contributed by atoms with Crippen molar-refractivity contribution in [2.45, 2.75) is 9.79 Å². The van der Waals surface area contributed by atoms with E-state index >= 15 is 0 Å². The van der Waals surface area contributed by atoms with Gasteiger partial charge in [0.1, 0.15) is 17.9 Å². The Bertz CT molecular complexity index is 538. The molecule has 0 amide bonds. The SMILES string of the molecule is O=Cc1ccc(Sc2cc(F)ccc2F)cc1. The molecular weight excluding hydrogens is 242 g/mol. The van der Waals surface area contributed by atoms with Crippen molar-refractivity contribution in [1.29, 1.82) is 0 Å². The zero-order valence-electron chi connectivity index (χ0n) is 8.69. The smallest absolute Gasteiger partial charge is 0.150 e. The highest BCUT2D eigenvalue weighted by Crippen LogP contribution is 2.30. The molecule has 0 aliphatic carbocycles. The van der Waals surface area contributed by atoms with Crippen LogP contribution in [0.25, 0.3) is 0 Å². The predicted octanol–water partition coefficient (Wildman–Crippen LogP) is 3.93. The van der Waals surface area contributed by atoms with Crippen LogP contribution in [-0.2, 0) is 0 Å². The van der Waals surface area contributed by atoms with Crippen LogP contribution < -0.4 is 0 Å². The lowest BCUT2D eigenvalue weighted by molar-refractivity contribution is 0.112. The Balaban J connectivity index is 2.24. The van der Waals surface area contributed by atoms with Crippen LogP contribution in [0.5, 0.6) is 0 Å². The Kier molecular flexibility index (Phi) is 3.54. The molecule has 0 aromatic heterocycles. The molecule has 0 aliphatic heterocycles. The summed E-state index contributed by atoms with van der Waals surface area (Å²) in [6, 6.07) is 9.97. The molecule has 4 heteroatoms. The highest BCUT2D eigenvalue weighted by molar-refractivity contribution is 7.99. The van der Waals surface area contributed by atoms with Gasteiger partial charge in [-0.05, 0) is 30.3 Å². The van der Waals surface area contributed by atoms with Crippen LogP contribution in [0.1, 0.15) is 10.4 Å². The van der Waals surface area contributed by atoms with Crippen molar-refractivity contribution in [3.05, 3.63) is 59.7 Å². The lowest BCUT2D eigenvalue weighted by Gasteiger charge is -2.03. The second-order valence-corrected chi connectivity index (χ2v) is 4.48. The Labute approximate surface area is 101 Å². The van der Waals surface area contributed by atoms with Crippen LogP contribution >= 0.6 is 11.8 Å². The van der Waals surface area contributed by atoms with E-state index in [0.717, 1.165) is 41.1 Å². The quantitative estimate of drug-likeness (QED) is 0.768. The maximum atomic E-state index is 13.4. The third-order valence-corrected chi connectivity index (χ3v) is 3.18. The molecule has 0 heterocycles. The molecule has 0 radical (unpaired) electrons. The molecule has 0 saturated heterocycles. The predicted molar refractivity (Wildman–Crippen MR) is 62.3 cm³/mol. The lowest BCUT2D eigenvalue weighted by atomic mass is 10.2. The fourth-order valence-electron chi connectivity index (χ4n) is 1.30. The van der Waals surface area contributed by atoms with E-state index in [0.29, 0.717) is 5.56 Å². The van der Waals surface area contributed by atoms with Crippen LogP contribution in [0, 0.1) is 11.6 Å². The summed E-state index contributed by atoms with van der Waals surface area (Å²) in [7, 11) is 0. The Morgan fingerprint density at radius 3 is 2.35 bits per heavy atom. The summed E-state index contributed by atoms with van der Waals surface area (Å²) in [5.41, 5.74) is 0.550. The number of carbonyl (C=O) groups excluding carboxylic acids is 1. The molecule has 0 atom stereocenters. The minimum atomic E-state index is -0.474. The fraction of sp³-hybridized carbons (Fsp3) is 0. The molecule has 0 unspecified atom stereocenters. The molecule has 2 aromatic rings. The molecule has 0 aliphatic rings. The van der Waals surface area contributed by atoms with Gasteiger partial charge in [0.2, 0.25) is 0 Å². The molecule has 0 saturated carbocycles. The van der Waals surface area contributed by atoms with E-state index in [9.17, 15) is 13.6 Å². The van der Waals surface area contributed by atoms with Crippen molar-refractivity contribution in [2.75, 3.05) is 0 Å². The van der Waals surface area contributed by atoms with Gasteiger partial charge in [-0.15, -0.1) is 0 Å². The molecule has 0 bridgehead atoms. The average molecular weight is 250 g/mol. The van der Waals surface area contributed by atoms with Gasteiger partial charge in [-0.1, -0.05) is 23.9 Å². The Hall–Kier alpha value is -1.68. The molecule has 0 N–H and O–H groups in total. The number of rotatable bonds is 3. The lowest BCUT2D eigenvalue weighted by Crippen LogP contribution is -1.84. The van der Waals surface area contributed by atoms with Crippen LogP contribution in [0.2, 0.25) is 0 Å². The van der Waals surface area contributed by atoms with E-state index in [2.05, 4.69) is 0 Å². The first kappa shape index (κ1) is 11.8. The zero-order chi connectivity index (χ0) is 12.3. The van der Waals surface area contributed by atoms with Gasteiger partial charge in [0.05, 0.1) is 4.90 Å². The molecule has 1 nitrogen and oxygen atoms in total. The van der Waals surface area contributed by atoms with Crippen molar-refractivity contribution in [1.82, 2.24) is 0 Å². The first-order valence-electron chi connectivity index (χ1n) is 4.87. The van der Waals surface area contributed by atoms with Crippen LogP contribution in [-0.4, -0.2) is 6.29 Å². The highest BCUT2D eigenvalue weighted by atomic mass is 32.2. The Morgan fingerprint density at radius 2 is 1.71 bits per heavy atom. The van der Waals surface area contributed by atoms with Crippen LogP contribution in [0.4, 0.5) is 8.78 Å². The van der Waals surface area contributed by atoms with Gasteiger partial charge in [0.15, 0.2) is 0 Å². The molecule has 2 rings (SSSR count). The molecule has 17 heavy (non-hydrogen) atoms. The van der Waals surface area contributed by atoms with Gasteiger partial charge in [0, 0.05) is 10.5 Å². The van der Waals surface area contributed by atoms with E-state index in [1.54, 1.807) is 24.3 Å².